The van der Waals surface area contributed by atoms with Crippen molar-refractivity contribution in [3.8, 4) is 0 Å². The minimum absolute atomic E-state index is 0.363. The molecule has 0 aromatic rings. The van der Waals surface area contributed by atoms with Crippen molar-refractivity contribution in [3.63, 3.8) is 0 Å². The minimum Gasteiger partial charge on any atom is -0.396 e. The van der Waals surface area contributed by atoms with Crippen LogP contribution in [0.25, 0.3) is 0 Å². The SMILES string of the molecule is CC(C)CC[C@H](C)CCC[C@H](C)CCCCCO. The van der Waals surface area contributed by atoms with Gasteiger partial charge >= 0.3 is 0 Å². The first-order valence-electron chi connectivity index (χ1n) is 8.17. The Balaban J connectivity index is 3.35. The molecular formula is C17H36O. The lowest BCUT2D eigenvalue weighted by Crippen LogP contribution is -2.01. The van der Waals surface area contributed by atoms with Gasteiger partial charge in [0.15, 0.2) is 0 Å². The molecule has 1 heteroatoms. The molecule has 0 bridgehead atoms. The van der Waals surface area contributed by atoms with E-state index in [1.54, 1.807) is 0 Å². The zero-order chi connectivity index (χ0) is 13.8. The van der Waals surface area contributed by atoms with E-state index in [2.05, 4.69) is 27.7 Å². The van der Waals surface area contributed by atoms with Crippen LogP contribution < -0.4 is 0 Å². The predicted molar refractivity (Wildman–Crippen MR) is 81.8 cm³/mol. The summed E-state index contributed by atoms with van der Waals surface area (Å²) in [6.45, 7) is 9.80. The number of unbranched alkanes of at least 4 members (excludes halogenated alkanes) is 2. The van der Waals surface area contributed by atoms with E-state index in [9.17, 15) is 0 Å². The summed E-state index contributed by atoms with van der Waals surface area (Å²) in [6.07, 6.45) is 11.8. The molecule has 0 radical (unpaired) electrons. The van der Waals surface area contributed by atoms with Gasteiger partial charge in [-0.05, 0) is 24.2 Å². The predicted octanol–water partition coefficient (Wildman–Crippen LogP) is 5.42. The molecule has 0 aliphatic carbocycles. The lowest BCUT2D eigenvalue weighted by molar-refractivity contribution is 0.280. The second-order valence-corrected chi connectivity index (χ2v) is 6.69. The number of aliphatic hydroxyl groups excluding tert-OH is 1. The van der Waals surface area contributed by atoms with Gasteiger partial charge < -0.3 is 5.11 Å². The summed E-state index contributed by atoms with van der Waals surface area (Å²) >= 11 is 0. The van der Waals surface area contributed by atoms with Crippen molar-refractivity contribution >= 4 is 0 Å². The van der Waals surface area contributed by atoms with E-state index in [0.29, 0.717) is 6.61 Å². The second kappa shape index (κ2) is 12.0. The van der Waals surface area contributed by atoms with Crippen LogP contribution in [0.15, 0.2) is 0 Å². The highest BCUT2D eigenvalue weighted by atomic mass is 16.2. The topological polar surface area (TPSA) is 20.2 Å². The van der Waals surface area contributed by atoms with Crippen LogP contribution in [0.1, 0.15) is 85.5 Å². The number of hydrogen-bond donors (Lipinski definition) is 1. The first kappa shape index (κ1) is 18.0. The fraction of sp³-hybridized carbons (Fsp3) is 1.00. The van der Waals surface area contributed by atoms with Crippen LogP contribution in [0.5, 0.6) is 0 Å². The van der Waals surface area contributed by atoms with Gasteiger partial charge in [0, 0.05) is 6.61 Å². The van der Waals surface area contributed by atoms with Gasteiger partial charge in [-0.25, -0.2) is 0 Å². The third-order valence-electron chi connectivity index (χ3n) is 3.99. The second-order valence-electron chi connectivity index (χ2n) is 6.69. The van der Waals surface area contributed by atoms with E-state index in [-0.39, 0.29) is 0 Å². The quantitative estimate of drug-likeness (QED) is 0.462. The van der Waals surface area contributed by atoms with Gasteiger partial charge in [-0.1, -0.05) is 79.1 Å². The summed E-state index contributed by atoms with van der Waals surface area (Å²) in [5, 5.41) is 8.72. The zero-order valence-electron chi connectivity index (χ0n) is 13.3. The first-order valence-corrected chi connectivity index (χ1v) is 8.17. The average Bonchev–Trinajstić information content (AvgIpc) is 2.32. The molecule has 0 aliphatic rings. The Labute approximate surface area is 115 Å². The number of aliphatic hydroxyl groups is 1. The molecule has 0 heterocycles. The van der Waals surface area contributed by atoms with Crippen molar-refractivity contribution in [2.75, 3.05) is 6.61 Å². The largest absolute Gasteiger partial charge is 0.396 e. The standard InChI is InChI=1S/C17H36O/c1-15(2)12-13-17(4)11-8-10-16(3)9-6-5-7-14-18/h15-18H,5-14H2,1-4H3/t16-,17-/m1/s1. The highest BCUT2D eigenvalue weighted by Crippen LogP contribution is 2.21. The Hall–Kier alpha value is -0.0400. The van der Waals surface area contributed by atoms with Crippen molar-refractivity contribution in [2.45, 2.75) is 85.5 Å². The van der Waals surface area contributed by atoms with Gasteiger partial charge in [-0.15, -0.1) is 0 Å². The summed E-state index contributed by atoms with van der Waals surface area (Å²) in [5.41, 5.74) is 0. The lowest BCUT2D eigenvalue weighted by atomic mass is 9.91. The van der Waals surface area contributed by atoms with Gasteiger partial charge in [0.05, 0.1) is 0 Å². The van der Waals surface area contributed by atoms with E-state index in [1.807, 2.05) is 0 Å². The lowest BCUT2D eigenvalue weighted by Gasteiger charge is -2.15. The molecule has 2 atom stereocenters. The van der Waals surface area contributed by atoms with Crippen LogP contribution in [0.4, 0.5) is 0 Å². The first-order chi connectivity index (χ1) is 8.56. The van der Waals surface area contributed by atoms with E-state index < -0.39 is 0 Å². The molecule has 0 fully saturated rings. The fourth-order valence-electron chi connectivity index (χ4n) is 2.50. The number of rotatable bonds is 12. The van der Waals surface area contributed by atoms with Crippen LogP contribution in [0.3, 0.4) is 0 Å². The molecule has 0 unspecified atom stereocenters. The Morgan fingerprint density at radius 3 is 1.72 bits per heavy atom. The molecule has 0 aromatic carbocycles. The third-order valence-corrected chi connectivity index (χ3v) is 3.99. The van der Waals surface area contributed by atoms with Gasteiger partial charge in [0.2, 0.25) is 0 Å². The molecule has 1 N–H and O–H groups in total. The Kier molecular flexibility index (Phi) is 12.0. The van der Waals surface area contributed by atoms with Crippen LogP contribution >= 0.6 is 0 Å². The molecule has 0 saturated heterocycles. The Bertz CT molecular complexity index is 165. The van der Waals surface area contributed by atoms with Gasteiger partial charge in [-0.3, -0.25) is 0 Å². The molecule has 0 aliphatic heterocycles. The molecule has 0 amide bonds. The van der Waals surface area contributed by atoms with E-state index in [1.165, 1.54) is 51.4 Å². The molecule has 0 aromatic heterocycles. The van der Waals surface area contributed by atoms with E-state index in [4.69, 9.17) is 5.11 Å². The van der Waals surface area contributed by atoms with Crippen molar-refractivity contribution in [2.24, 2.45) is 17.8 Å². The molecule has 1 nitrogen and oxygen atoms in total. The van der Waals surface area contributed by atoms with Gasteiger partial charge in [0.1, 0.15) is 0 Å². The molecule has 0 saturated carbocycles. The Morgan fingerprint density at radius 2 is 1.17 bits per heavy atom. The summed E-state index contributed by atoms with van der Waals surface area (Å²) in [4.78, 5) is 0. The monoisotopic (exact) mass is 256 g/mol. The fourth-order valence-corrected chi connectivity index (χ4v) is 2.50. The number of hydrogen-bond acceptors (Lipinski definition) is 1. The van der Waals surface area contributed by atoms with Crippen LogP contribution in [0, 0.1) is 17.8 Å². The molecule has 0 rings (SSSR count). The van der Waals surface area contributed by atoms with Gasteiger partial charge in [0.25, 0.3) is 0 Å². The average molecular weight is 256 g/mol. The summed E-state index contributed by atoms with van der Waals surface area (Å²) < 4.78 is 0. The smallest absolute Gasteiger partial charge is 0.0431 e. The Morgan fingerprint density at radius 1 is 0.611 bits per heavy atom. The minimum atomic E-state index is 0.363. The molecule has 0 spiro atoms. The third kappa shape index (κ3) is 12.4. The van der Waals surface area contributed by atoms with Crippen LogP contribution in [0.2, 0.25) is 0 Å². The molecule has 110 valence electrons. The van der Waals surface area contributed by atoms with Crippen LogP contribution in [-0.2, 0) is 0 Å². The summed E-state index contributed by atoms with van der Waals surface area (Å²) in [7, 11) is 0. The molecular weight excluding hydrogens is 220 g/mol. The van der Waals surface area contributed by atoms with Crippen LogP contribution in [-0.4, -0.2) is 11.7 Å². The van der Waals surface area contributed by atoms with Crippen molar-refractivity contribution < 1.29 is 5.11 Å². The highest BCUT2D eigenvalue weighted by Gasteiger charge is 2.06. The van der Waals surface area contributed by atoms with E-state index in [0.717, 1.165) is 24.2 Å². The van der Waals surface area contributed by atoms with Crippen molar-refractivity contribution in [3.05, 3.63) is 0 Å². The summed E-state index contributed by atoms with van der Waals surface area (Å²) in [5.74, 6) is 2.65. The van der Waals surface area contributed by atoms with Crippen molar-refractivity contribution in [1.82, 2.24) is 0 Å². The maximum Gasteiger partial charge on any atom is 0.0431 e. The highest BCUT2D eigenvalue weighted by molar-refractivity contribution is 4.59. The maximum absolute atomic E-state index is 8.72. The van der Waals surface area contributed by atoms with Crippen molar-refractivity contribution in [1.29, 1.82) is 0 Å². The van der Waals surface area contributed by atoms with E-state index >= 15 is 0 Å². The maximum atomic E-state index is 8.72. The normalized spacial score (nSPS) is 15.0. The molecule has 18 heavy (non-hydrogen) atoms. The summed E-state index contributed by atoms with van der Waals surface area (Å²) in [6, 6.07) is 0. The zero-order valence-corrected chi connectivity index (χ0v) is 13.3. The van der Waals surface area contributed by atoms with Gasteiger partial charge in [-0.2, -0.15) is 0 Å².